The third-order valence-electron chi connectivity index (χ3n) is 2.78. The van der Waals surface area contributed by atoms with Crippen molar-refractivity contribution < 1.29 is 4.39 Å². The zero-order valence-electron chi connectivity index (χ0n) is 9.64. The highest BCUT2D eigenvalue weighted by molar-refractivity contribution is 5.77. The average molecular weight is 243 g/mol. The maximum atomic E-state index is 13.1. The summed E-state index contributed by atoms with van der Waals surface area (Å²) in [5.74, 6) is -0.373. The van der Waals surface area contributed by atoms with Crippen LogP contribution >= 0.6 is 0 Å². The molecule has 0 amide bonds. The Labute approximate surface area is 102 Å². The second kappa shape index (κ2) is 3.80. The molecule has 1 aromatic carbocycles. The molecule has 18 heavy (non-hydrogen) atoms. The zero-order valence-corrected chi connectivity index (χ0v) is 9.64. The van der Waals surface area contributed by atoms with Gasteiger partial charge in [0.25, 0.3) is 0 Å². The first kappa shape index (κ1) is 10.7. The van der Waals surface area contributed by atoms with Crippen LogP contribution < -0.4 is 5.69 Å². The smallest absolute Gasteiger partial charge is 0.305 e. The van der Waals surface area contributed by atoms with Gasteiger partial charge in [-0.3, -0.25) is 9.55 Å². The molecule has 0 radical (unpaired) electrons. The number of nitrogens with zero attached hydrogens (tertiary/aromatic N) is 2. The lowest BCUT2D eigenvalue weighted by atomic mass is 10.3. The predicted molar refractivity (Wildman–Crippen MR) is 66.4 cm³/mol. The number of nitrogens with one attached hydrogen (secondary N) is 1. The molecular weight excluding hydrogens is 233 g/mol. The normalized spacial score (nSPS) is 11.0. The second-order valence-corrected chi connectivity index (χ2v) is 4.08. The Bertz CT molecular complexity index is 788. The number of hydrogen-bond donors (Lipinski definition) is 1. The quantitative estimate of drug-likeness (QED) is 0.712. The standard InChI is InChI=1S/C13H10FN3O/c1-8-6-10(4-5-15-8)17-12-3-2-9(14)7-11(12)16-13(17)18/h2-7H,1H3,(H,16,18). The summed E-state index contributed by atoms with van der Waals surface area (Å²) >= 11 is 0. The molecule has 90 valence electrons. The van der Waals surface area contributed by atoms with Crippen LogP contribution in [0.1, 0.15) is 5.69 Å². The van der Waals surface area contributed by atoms with E-state index >= 15 is 0 Å². The summed E-state index contributed by atoms with van der Waals surface area (Å²) in [7, 11) is 0. The van der Waals surface area contributed by atoms with E-state index in [0.29, 0.717) is 16.7 Å². The van der Waals surface area contributed by atoms with E-state index in [9.17, 15) is 9.18 Å². The van der Waals surface area contributed by atoms with Gasteiger partial charge in [0.2, 0.25) is 0 Å². The number of hydrogen-bond acceptors (Lipinski definition) is 2. The van der Waals surface area contributed by atoms with Gasteiger partial charge in [-0.15, -0.1) is 0 Å². The van der Waals surface area contributed by atoms with Crippen molar-refractivity contribution in [3.63, 3.8) is 0 Å². The maximum Gasteiger partial charge on any atom is 0.331 e. The fourth-order valence-electron chi connectivity index (χ4n) is 2.01. The zero-order chi connectivity index (χ0) is 12.7. The lowest BCUT2D eigenvalue weighted by molar-refractivity contribution is 0.629. The number of aromatic nitrogens is 3. The largest absolute Gasteiger partial charge is 0.331 e. The van der Waals surface area contributed by atoms with Gasteiger partial charge in [0.05, 0.1) is 16.7 Å². The van der Waals surface area contributed by atoms with Crippen molar-refractivity contribution >= 4 is 11.0 Å². The summed E-state index contributed by atoms with van der Waals surface area (Å²) in [4.78, 5) is 18.6. The lowest BCUT2D eigenvalue weighted by Crippen LogP contribution is -2.14. The van der Waals surface area contributed by atoms with Crippen LogP contribution in [0.25, 0.3) is 16.7 Å². The number of imidazole rings is 1. The van der Waals surface area contributed by atoms with Gasteiger partial charge < -0.3 is 4.98 Å². The molecule has 0 aliphatic rings. The predicted octanol–water partition coefficient (Wildman–Crippen LogP) is 2.16. The summed E-state index contributed by atoms with van der Waals surface area (Å²) in [6, 6.07) is 7.77. The van der Waals surface area contributed by atoms with E-state index in [1.165, 1.54) is 16.7 Å². The maximum absolute atomic E-state index is 13.1. The Kier molecular flexibility index (Phi) is 2.26. The minimum absolute atomic E-state index is 0.291. The summed E-state index contributed by atoms with van der Waals surface area (Å²) in [6.45, 7) is 1.85. The van der Waals surface area contributed by atoms with E-state index in [1.807, 2.05) is 6.92 Å². The van der Waals surface area contributed by atoms with E-state index in [-0.39, 0.29) is 11.5 Å². The Balaban J connectivity index is 2.35. The van der Waals surface area contributed by atoms with Crippen molar-refractivity contribution in [1.29, 1.82) is 0 Å². The third-order valence-corrected chi connectivity index (χ3v) is 2.78. The molecule has 3 rings (SSSR count). The minimum Gasteiger partial charge on any atom is -0.305 e. The van der Waals surface area contributed by atoms with Crippen molar-refractivity contribution in [1.82, 2.24) is 14.5 Å². The fourth-order valence-corrected chi connectivity index (χ4v) is 2.01. The van der Waals surface area contributed by atoms with Crippen LogP contribution in [0.4, 0.5) is 4.39 Å². The number of aromatic amines is 1. The number of halogens is 1. The number of pyridine rings is 1. The molecule has 0 spiro atoms. The van der Waals surface area contributed by atoms with Gasteiger partial charge in [0.1, 0.15) is 5.82 Å². The van der Waals surface area contributed by atoms with Crippen LogP contribution in [0.3, 0.4) is 0 Å². The number of rotatable bonds is 1. The van der Waals surface area contributed by atoms with Crippen LogP contribution in [-0.4, -0.2) is 14.5 Å². The number of fused-ring (bicyclic) bond motifs is 1. The summed E-state index contributed by atoms with van der Waals surface area (Å²) in [6.07, 6.45) is 1.64. The van der Waals surface area contributed by atoms with Crippen LogP contribution in [0.2, 0.25) is 0 Å². The van der Waals surface area contributed by atoms with Gasteiger partial charge in [-0.1, -0.05) is 0 Å². The molecule has 0 saturated heterocycles. The molecule has 4 nitrogen and oxygen atoms in total. The minimum atomic E-state index is -0.373. The van der Waals surface area contributed by atoms with Gasteiger partial charge in [-0.2, -0.15) is 0 Å². The fraction of sp³-hybridized carbons (Fsp3) is 0.0769. The van der Waals surface area contributed by atoms with Crippen molar-refractivity contribution in [2.24, 2.45) is 0 Å². The third kappa shape index (κ3) is 1.60. The molecule has 1 N–H and O–H groups in total. The summed E-state index contributed by atoms with van der Waals surface area (Å²) < 4.78 is 14.6. The topological polar surface area (TPSA) is 50.7 Å². The SMILES string of the molecule is Cc1cc(-n2c(=O)[nH]c3cc(F)ccc32)ccn1. The van der Waals surface area contributed by atoms with Crippen LogP contribution in [0.15, 0.2) is 41.3 Å². The summed E-state index contributed by atoms with van der Waals surface area (Å²) in [5, 5.41) is 0. The molecule has 0 bridgehead atoms. The van der Waals surface area contributed by atoms with E-state index in [0.717, 1.165) is 5.69 Å². The van der Waals surface area contributed by atoms with E-state index in [2.05, 4.69) is 9.97 Å². The van der Waals surface area contributed by atoms with Crippen molar-refractivity contribution in [2.45, 2.75) is 6.92 Å². The first-order valence-electron chi connectivity index (χ1n) is 5.48. The first-order chi connectivity index (χ1) is 8.65. The molecule has 3 aromatic rings. The monoisotopic (exact) mass is 243 g/mol. The Hall–Kier alpha value is -2.43. The molecule has 0 aliphatic carbocycles. The second-order valence-electron chi connectivity index (χ2n) is 4.08. The van der Waals surface area contributed by atoms with Crippen LogP contribution in [-0.2, 0) is 0 Å². The molecule has 0 fully saturated rings. The molecule has 2 aromatic heterocycles. The Morgan fingerprint density at radius 2 is 2.11 bits per heavy atom. The van der Waals surface area contributed by atoms with Gasteiger partial charge in [0, 0.05) is 11.9 Å². The van der Waals surface area contributed by atoms with E-state index in [4.69, 9.17) is 0 Å². The molecule has 2 heterocycles. The Morgan fingerprint density at radius 1 is 1.28 bits per heavy atom. The molecule has 5 heteroatoms. The van der Waals surface area contributed by atoms with Crippen molar-refractivity contribution in [2.75, 3.05) is 0 Å². The number of H-pyrrole nitrogens is 1. The van der Waals surface area contributed by atoms with Gasteiger partial charge in [-0.25, -0.2) is 9.18 Å². The van der Waals surface area contributed by atoms with E-state index in [1.54, 1.807) is 24.4 Å². The summed E-state index contributed by atoms with van der Waals surface area (Å²) in [5.41, 5.74) is 2.36. The van der Waals surface area contributed by atoms with Crippen LogP contribution in [0, 0.1) is 12.7 Å². The highest BCUT2D eigenvalue weighted by Crippen LogP contribution is 2.16. The van der Waals surface area contributed by atoms with Gasteiger partial charge >= 0.3 is 5.69 Å². The van der Waals surface area contributed by atoms with Crippen molar-refractivity contribution in [3.05, 3.63) is 58.5 Å². The number of aryl methyl sites for hydroxylation is 1. The van der Waals surface area contributed by atoms with Crippen molar-refractivity contribution in [3.8, 4) is 5.69 Å². The molecular formula is C13H10FN3O. The first-order valence-corrected chi connectivity index (χ1v) is 5.48. The molecule has 0 aliphatic heterocycles. The van der Waals surface area contributed by atoms with Gasteiger partial charge in [0.15, 0.2) is 0 Å². The molecule has 0 atom stereocenters. The lowest BCUT2D eigenvalue weighted by Gasteiger charge is -2.03. The molecule has 0 unspecified atom stereocenters. The Morgan fingerprint density at radius 3 is 2.89 bits per heavy atom. The van der Waals surface area contributed by atoms with E-state index < -0.39 is 0 Å². The molecule has 0 saturated carbocycles. The van der Waals surface area contributed by atoms with Gasteiger partial charge in [-0.05, 0) is 37.3 Å². The highest BCUT2D eigenvalue weighted by atomic mass is 19.1. The average Bonchev–Trinajstić information content (AvgIpc) is 2.64. The number of benzene rings is 1. The highest BCUT2D eigenvalue weighted by Gasteiger charge is 2.09. The van der Waals surface area contributed by atoms with Crippen LogP contribution in [0.5, 0.6) is 0 Å².